The molecular weight excluding hydrogens is 160 g/mol. The second-order valence-corrected chi connectivity index (χ2v) is 5.06. The molecule has 0 aliphatic carbocycles. The van der Waals surface area contributed by atoms with Crippen LogP contribution in [0.3, 0.4) is 0 Å². The minimum atomic E-state index is 0.166. The standard InChI is InChI=1S/C12H26O/c1-6-11(4,5)9-12(7-2,8-3)10-13/h13H,6-10H2,1-5H3. The van der Waals surface area contributed by atoms with Crippen molar-refractivity contribution < 1.29 is 5.11 Å². The zero-order valence-corrected chi connectivity index (χ0v) is 9.98. The second-order valence-electron chi connectivity index (χ2n) is 5.06. The first-order valence-corrected chi connectivity index (χ1v) is 5.56. The van der Waals surface area contributed by atoms with Crippen LogP contribution in [0.15, 0.2) is 0 Å². The molecule has 0 heterocycles. The van der Waals surface area contributed by atoms with E-state index in [1.807, 2.05) is 0 Å². The minimum absolute atomic E-state index is 0.166. The highest BCUT2D eigenvalue weighted by molar-refractivity contribution is 4.82. The van der Waals surface area contributed by atoms with Crippen molar-refractivity contribution in [3.8, 4) is 0 Å². The van der Waals surface area contributed by atoms with Gasteiger partial charge in [-0.15, -0.1) is 0 Å². The smallest absolute Gasteiger partial charge is 0.0487 e. The molecule has 0 aromatic rings. The van der Waals surface area contributed by atoms with E-state index in [1.54, 1.807) is 0 Å². The Labute approximate surface area is 83.5 Å². The molecule has 0 aromatic heterocycles. The fraction of sp³-hybridized carbons (Fsp3) is 1.00. The largest absolute Gasteiger partial charge is 0.396 e. The number of hydrogen-bond acceptors (Lipinski definition) is 1. The van der Waals surface area contributed by atoms with Gasteiger partial charge in [0.2, 0.25) is 0 Å². The van der Waals surface area contributed by atoms with Gasteiger partial charge >= 0.3 is 0 Å². The third-order valence-electron chi connectivity index (χ3n) is 3.65. The van der Waals surface area contributed by atoms with E-state index >= 15 is 0 Å². The molecule has 80 valence electrons. The molecule has 0 bridgehead atoms. The molecule has 0 unspecified atom stereocenters. The Bertz CT molecular complexity index is 126. The van der Waals surface area contributed by atoms with Crippen molar-refractivity contribution in [2.45, 2.75) is 60.3 Å². The van der Waals surface area contributed by atoms with Crippen molar-refractivity contribution in [3.05, 3.63) is 0 Å². The zero-order chi connectivity index (χ0) is 10.5. The fourth-order valence-electron chi connectivity index (χ4n) is 1.92. The van der Waals surface area contributed by atoms with Crippen LogP contribution >= 0.6 is 0 Å². The van der Waals surface area contributed by atoms with Crippen LogP contribution < -0.4 is 0 Å². The monoisotopic (exact) mass is 186 g/mol. The fourth-order valence-corrected chi connectivity index (χ4v) is 1.92. The Balaban J connectivity index is 4.41. The van der Waals surface area contributed by atoms with Gasteiger partial charge in [0.25, 0.3) is 0 Å². The average Bonchev–Trinajstić information content (AvgIpc) is 2.14. The second kappa shape index (κ2) is 4.99. The van der Waals surface area contributed by atoms with E-state index in [4.69, 9.17) is 0 Å². The van der Waals surface area contributed by atoms with Gasteiger partial charge in [-0.25, -0.2) is 0 Å². The minimum Gasteiger partial charge on any atom is -0.396 e. The molecule has 0 saturated heterocycles. The first-order chi connectivity index (χ1) is 5.95. The molecule has 0 saturated carbocycles. The molecule has 0 aliphatic heterocycles. The third-order valence-corrected chi connectivity index (χ3v) is 3.65. The van der Waals surface area contributed by atoms with E-state index in [0.29, 0.717) is 12.0 Å². The first-order valence-electron chi connectivity index (χ1n) is 5.56. The molecule has 13 heavy (non-hydrogen) atoms. The van der Waals surface area contributed by atoms with E-state index in [2.05, 4.69) is 34.6 Å². The summed E-state index contributed by atoms with van der Waals surface area (Å²) in [6, 6.07) is 0. The van der Waals surface area contributed by atoms with Crippen LogP contribution in [-0.2, 0) is 0 Å². The summed E-state index contributed by atoms with van der Waals surface area (Å²) in [6.45, 7) is 11.5. The van der Waals surface area contributed by atoms with Gasteiger partial charge in [0, 0.05) is 6.61 Å². The Kier molecular flexibility index (Phi) is 4.98. The lowest BCUT2D eigenvalue weighted by molar-refractivity contribution is 0.0613. The van der Waals surface area contributed by atoms with Gasteiger partial charge in [0.05, 0.1) is 0 Å². The van der Waals surface area contributed by atoms with Crippen molar-refractivity contribution in [1.82, 2.24) is 0 Å². The predicted octanol–water partition coefficient (Wildman–Crippen LogP) is 3.61. The maximum atomic E-state index is 9.44. The van der Waals surface area contributed by atoms with Crippen LogP contribution in [0, 0.1) is 10.8 Å². The molecule has 0 amide bonds. The molecule has 1 heteroatoms. The SMILES string of the molecule is CCC(C)(C)CC(CC)(CC)CO. The van der Waals surface area contributed by atoms with Crippen molar-refractivity contribution in [3.63, 3.8) is 0 Å². The van der Waals surface area contributed by atoms with Crippen molar-refractivity contribution >= 4 is 0 Å². The Morgan fingerprint density at radius 1 is 0.923 bits per heavy atom. The lowest BCUT2D eigenvalue weighted by Gasteiger charge is -2.37. The summed E-state index contributed by atoms with van der Waals surface area (Å²) in [5.41, 5.74) is 0.536. The Hall–Kier alpha value is -0.0400. The number of hydrogen-bond donors (Lipinski definition) is 1. The summed E-state index contributed by atoms with van der Waals surface area (Å²) in [5.74, 6) is 0. The summed E-state index contributed by atoms with van der Waals surface area (Å²) in [5, 5.41) is 9.44. The summed E-state index contributed by atoms with van der Waals surface area (Å²) in [4.78, 5) is 0. The molecule has 1 N–H and O–H groups in total. The van der Waals surface area contributed by atoms with E-state index in [-0.39, 0.29) is 5.41 Å². The van der Waals surface area contributed by atoms with Gasteiger partial charge in [0.15, 0.2) is 0 Å². The van der Waals surface area contributed by atoms with E-state index in [0.717, 1.165) is 19.3 Å². The third kappa shape index (κ3) is 3.68. The number of aliphatic hydroxyl groups excluding tert-OH is 1. The van der Waals surface area contributed by atoms with Crippen LogP contribution in [0.1, 0.15) is 60.3 Å². The highest BCUT2D eigenvalue weighted by atomic mass is 16.3. The molecule has 0 radical (unpaired) electrons. The van der Waals surface area contributed by atoms with E-state index in [1.165, 1.54) is 6.42 Å². The summed E-state index contributed by atoms with van der Waals surface area (Å²) >= 11 is 0. The Morgan fingerprint density at radius 3 is 1.62 bits per heavy atom. The summed E-state index contributed by atoms with van der Waals surface area (Å²) < 4.78 is 0. The normalized spacial score (nSPS) is 13.4. The van der Waals surface area contributed by atoms with Gasteiger partial charge < -0.3 is 5.11 Å². The van der Waals surface area contributed by atoms with Crippen molar-refractivity contribution in [2.75, 3.05) is 6.61 Å². The van der Waals surface area contributed by atoms with Gasteiger partial charge in [-0.2, -0.15) is 0 Å². The molecule has 0 spiro atoms. The van der Waals surface area contributed by atoms with Gasteiger partial charge in [-0.05, 0) is 30.1 Å². The van der Waals surface area contributed by atoms with Gasteiger partial charge in [-0.3, -0.25) is 0 Å². The van der Waals surface area contributed by atoms with Crippen LogP contribution in [0.25, 0.3) is 0 Å². The highest BCUT2D eigenvalue weighted by Gasteiger charge is 2.31. The first kappa shape index (κ1) is 13.0. The van der Waals surface area contributed by atoms with Gasteiger partial charge in [0.1, 0.15) is 0 Å². The molecule has 0 atom stereocenters. The van der Waals surface area contributed by atoms with E-state index < -0.39 is 0 Å². The maximum Gasteiger partial charge on any atom is 0.0487 e. The molecular formula is C12H26O. The lowest BCUT2D eigenvalue weighted by Crippen LogP contribution is -2.30. The van der Waals surface area contributed by atoms with Crippen LogP contribution in [0.4, 0.5) is 0 Å². The van der Waals surface area contributed by atoms with Crippen LogP contribution in [0.2, 0.25) is 0 Å². The zero-order valence-electron chi connectivity index (χ0n) is 9.98. The molecule has 0 aliphatic rings. The topological polar surface area (TPSA) is 20.2 Å². The molecule has 0 aromatic carbocycles. The highest BCUT2D eigenvalue weighted by Crippen LogP contribution is 2.40. The lowest BCUT2D eigenvalue weighted by atomic mass is 9.69. The molecule has 0 fully saturated rings. The maximum absolute atomic E-state index is 9.44. The number of aliphatic hydroxyl groups is 1. The number of rotatable bonds is 6. The van der Waals surface area contributed by atoms with Gasteiger partial charge in [-0.1, -0.05) is 41.0 Å². The predicted molar refractivity (Wildman–Crippen MR) is 58.8 cm³/mol. The summed E-state index contributed by atoms with van der Waals surface area (Å²) in [6.07, 6.45) is 4.50. The van der Waals surface area contributed by atoms with Crippen molar-refractivity contribution in [1.29, 1.82) is 0 Å². The summed E-state index contributed by atoms with van der Waals surface area (Å²) in [7, 11) is 0. The molecule has 0 rings (SSSR count). The average molecular weight is 186 g/mol. The Morgan fingerprint density at radius 2 is 1.38 bits per heavy atom. The van der Waals surface area contributed by atoms with Crippen LogP contribution in [0.5, 0.6) is 0 Å². The quantitative estimate of drug-likeness (QED) is 0.672. The van der Waals surface area contributed by atoms with E-state index in [9.17, 15) is 5.11 Å². The van der Waals surface area contributed by atoms with Crippen LogP contribution in [-0.4, -0.2) is 11.7 Å². The molecule has 1 nitrogen and oxygen atoms in total. The van der Waals surface area contributed by atoms with Crippen molar-refractivity contribution in [2.24, 2.45) is 10.8 Å².